The van der Waals surface area contributed by atoms with Gasteiger partial charge in [0.25, 0.3) is 0 Å². The van der Waals surface area contributed by atoms with E-state index in [-0.39, 0.29) is 12.6 Å². The molecule has 3 N–H and O–H groups in total. The number of carboxylic acids is 1. The molecule has 0 fully saturated rings. The molecule has 5 heteroatoms. The molecule has 0 heterocycles. The Bertz CT molecular complexity index is 208. The lowest BCUT2D eigenvalue weighted by atomic mass is 10.2. The van der Waals surface area contributed by atoms with E-state index >= 15 is 0 Å². The molecule has 5 nitrogen and oxygen atoms in total. The van der Waals surface area contributed by atoms with Crippen LogP contribution in [0.25, 0.3) is 0 Å². The molecule has 0 aromatic rings. The summed E-state index contributed by atoms with van der Waals surface area (Å²) in [6.45, 7) is 1.66. The number of nitrogens with one attached hydrogen (secondary N) is 1. The van der Waals surface area contributed by atoms with Gasteiger partial charge in [-0.15, -0.1) is 0 Å². The highest BCUT2D eigenvalue weighted by atomic mass is 16.4. The Kier molecular flexibility index (Phi) is 5.54. The van der Waals surface area contributed by atoms with Crippen molar-refractivity contribution in [3.8, 4) is 0 Å². The van der Waals surface area contributed by atoms with Crippen molar-refractivity contribution in [2.75, 3.05) is 6.61 Å². The minimum Gasteiger partial charge on any atom is -0.478 e. The average Bonchev–Trinajstić information content (AvgIpc) is 2.10. The van der Waals surface area contributed by atoms with Crippen molar-refractivity contribution < 1.29 is 19.8 Å². The predicted molar refractivity (Wildman–Crippen MR) is 46.1 cm³/mol. The highest BCUT2D eigenvalue weighted by Gasteiger charge is 2.05. The van der Waals surface area contributed by atoms with Crippen molar-refractivity contribution in [1.82, 2.24) is 5.32 Å². The first kappa shape index (κ1) is 11.6. The number of aliphatic carboxylic acids is 1. The number of hydrogen-bond donors (Lipinski definition) is 3. The van der Waals surface area contributed by atoms with Gasteiger partial charge in [0, 0.05) is 12.2 Å². The Labute approximate surface area is 76.1 Å². The molecule has 0 radical (unpaired) electrons. The topological polar surface area (TPSA) is 86.6 Å². The van der Waals surface area contributed by atoms with Gasteiger partial charge in [-0.05, 0) is 6.42 Å². The normalized spacial score (nSPS) is 12.8. The van der Waals surface area contributed by atoms with Gasteiger partial charge in [-0.2, -0.15) is 0 Å². The first-order chi connectivity index (χ1) is 6.10. The van der Waals surface area contributed by atoms with Crippen LogP contribution in [-0.4, -0.2) is 34.7 Å². The Balaban J connectivity index is 3.92. The number of carboxylic acid groups (broad SMARTS) is 1. The number of aliphatic hydroxyl groups is 1. The van der Waals surface area contributed by atoms with Gasteiger partial charge in [-0.25, -0.2) is 4.79 Å². The van der Waals surface area contributed by atoms with E-state index < -0.39 is 11.9 Å². The number of rotatable bonds is 5. The fraction of sp³-hybridized carbons (Fsp3) is 0.500. The first-order valence-electron chi connectivity index (χ1n) is 3.92. The third-order valence-corrected chi connectivity index (χ3v) is 1.44. The van der Waals surface area contributed by atoms with Crippen molar-refractivity contribution in [2.45, 2.75) is 19.4 Å². The van der Waals surface area contributed by atoms with E-state index in [1.54, 1.807) is 0 Å². The van der Waals surface area contributed by atoms with Gasteiger partial charge < -0.3 is 15.5 Å². The molecular formula is C8H13NO4. The van der Waals surface area contributed by atoms with Crippen molar-refractivity contribution in [2.24, 2.45) is 0 Å². The van der Waals surface area contributed by atoms with Crippen LogP contribution in [0.5, 0.6) is 0 Å². The summed E-state index contributed by atoms with van der Waals surface area (Å²) >= 11 is 0. The van der Waals surface area contributed by atoms with E-state index in [0.717, 1.165) is 12.2 Å². The lowest BCUT2D eigenvalue weighted by Gasteiger charge is -2.11. The van der Waals surface area contributed by atoms with Crippen LogP contribution >= 0.6 is 0 Å². The minimum atomic E-state index is -1.17. The van der Waals surface area contributed by atoms with Crippen molar-refractivity contribution in [3.05, 3.63) is 12.2 Å². The highest BCUT2D eigenvalue weighted by Crippen LogP contribution is 1.88. The summed E-state index contributed by atoms with van der Waals surface area (Å²) in [7, 11) is 0. The van der Waals surface area contributed by atoms with Gasteiger partial charge >= 0.3 is 5.97 Å². The van der Waals surface area contributed by atoms with Gasteiger partial charge in [-0.3, -0.25) is 4.79 Å². The summed E-state index contributed by atoms with van der Waals surface area (Å²) in [5.41, 5.74) is 0. The molecule has 13 heavy (non-hydrogen) atoms. The average molecular weight is 187 g/mol. The summed E-state index contributed by atoms with van der Waals surface area (Å²) in [6, 6.07) is -0.314. The van der Waals surface area contributed by atoms with Gasteiger partial charge in [0.2, 0.25) is 5.91 Å². The second-order valence-electron chi connectivity index (χ2n) is 2.47. The zero-order valence-electron chi connectivity index (χ0n) is 7.36. The molecule has 74 valence electrons. The molecule has 0 saturated carbocycles. The number of carbonyl (C=O) groups is 2. The smallest absolute Gasteiger partial charge is 0.328 e. The van der Waals surface area contributed by atoms with Crippen LogP contribution in [0.4, 0.5) is 0 Å². The third kappa shape index (κ3) is 5.86. The van der Waals surface area contributed by atoms with Crippen molar-refractivity contribution >= 4 is 11.9 Å². The Morgan fingerprint density at radius 1 is 1.46 bits per heavy atom. The van der Waals surface area contributed by atoms with Gasteiger partial charge in [0.15, 0.2) is 0 Å². The van der Waals surface area contributed by atoms with E-state index in [1.165, 1.54) is 0 Å². The van der Waals surface area contributed by atoms with Crippen molar-refractivity contribution in [1.29, 1.82) is 0 Å². The van der Waals surface area contributed by atoms with Crippen molar-refractivity contribution in [3.63, 3.8) is 0 Å². The van der Waals surface area contributed by atoms with E-state index in [0.29, 0.717) is 6.42 Å². The molecule has 0 aliphatic carbocycles. The van der Waals surface area contributed by atoms with Gasteiger partial charge in [0.1, 0.15) is 0 Å². The van der Waals surface area contributed by atoms with Crippen LogP contribution in [0.3, 0.4) is 0 Å². The predicted octanol–water partition coefficient (Wildman–Crippen LogP) is -0.486. The zero-order chi connectivity index (χ0) is 10.3. The third-order valence-electron chi connectivity index (χ3n) is 1.44. The fourth-order valence-electron chi connectivity index (χ4n) is 0.673. The molecule has 0 spiro atoms. The lowest BCUT2D eigenvalue weighted by molar-refractivity contribution is -0.131. The lowest BCUT2D eigenvalue weighted by Crippen LogP contribution is -2.35. The maximum absolute atomic E-state index is 10.9. The molecule has 0 saturated heterocycles. The Morgan fingerprint density at radius 3 is 2.46 bits per heavy atom. The quantitative estimate of drug-likeness (QED) is 0.507. The maximum Gasteiger partial charge on any atom is 0.328 e. The van der Waals surface area contributed by atoms with E-state index in [1.807, 2.05) is 6.92 Å². The molecule has 0 aliphatic rings. The van der Waals surface area contributed by atoms with Crippen LogP contribution < -0.4 is 5.32 Å². The number of amides is 1. The molecular weight excluding hydrogens is 174 g/mol. The molecule has 0 aromatic heterocycles. The van der Waals surface area contributed by atoms with E-state index in [9.17, 15) is 9.59 Å². The fourth-order valence-corrected chi connectivity index (χ4v) is 0.673. The summed E-state index contributed by atoms with van der Waals surface area (Å²) in [5, 5.41) is 19.3. The SMILES string of the molecule is CCC(CO)NC(=O)/C=C/C(=O)O. The van der Waals surface area contributed by atoms with Gasteiger partial charge in [0.05, 0.1) is 12.6 Å². The molecule has 0 rings (SSSR count). The molecule has 1 atom stereocenters. The second kappa shape index (κ2) is 6.19. The summed E-state index contributed by atoms with van der Waals surface area (Å²) in [4.78, 5) is 20.9. The molecule has 1 unspecified atom stereocenters. The largest absolute Gasteiger partial charge is 0.478 e. The molecule has 0 aromatic carbocycles. The number of carbonyl (C=O) groups excluding carboxylic acids is 1. The Hall–Kier alpha value is -1.36. The highest BCUT2D eigenvalue weighted by molar-refractivity contribution is 5.93. The minimum absolute atomic E-state index is 0.150. The van der Waals surface area contributed by atoms with E-state index in [2.05, 4.69) is 5.32 Å². The molecule has 0 aliphatic heterocycles. The van der Waals surface area contributed by atoms with Crippen LogP contribution in [0.2, 0.25) is 0 Å². The maximum atomic E-state index is 10.9. The second-order valence-corrected chi connectivity index (χ2v) is 2.47. The summed E-state index contributed by atoms with van der Waals surface area (Å²) < 4.78 is 0. The summed E-state index contributed by atoms with van der Waals surface area (Å²) in [6.07, 6.45) is 2.27. The number of aliphatic hydroxyl groups excluding tert-OH is 1. The monoisotopic (exact) mass is 187 g/mol. The number of hydrogen-bond acceptors (Lipinski definition) is 3. The van der Waals surface area contributed by atoms with Gasteiger partial charge in [-0.1, -0.05) is 6.92 Å². The molecule has 1 amide bonds. The summed E-state index contributed by atoms with van der Waals surface area (Å²) in [5.74, 6) is -1.68. The zero-order valence-corrected chi connectivity index (χ0v) is 7.36. The molecule has 0 bridgehead atoms. The van der Waals surface area contributed by atoms with Crippen LogP contribution in [-0.2, 0) is 9.59 Å². The Morgan fingerprint density at radius 2 is 2.08 bits per heavy atom. The standard InChI is InChI=1S/C8H13NO4/c1-2-6(5-10)9-7(11)3-4-8(12)13/h3-4,6,10H,2,5H2,1H3,(H,9,11)(H,12,13)/b4-3+. The van der Waals surface area contributed by atoms with E-state index in [4.69, 9.17) is 10.2 Å². The first-order valence-corrected chi connectivity index (χ1v) is 3.92. The van der Waals surface area contributed by atoms with Crippen LogP contribution in [0.15, 0.2) is 12.2 Å². The van der Waals surface area contributed by atoms with Crippen LogP contribution in [0, 0.1) is 0 Å². The van der Waals surface area contributed by atoms with Crippen LogP contribution in [0.1, 0.15) is 13.3 Å².